The predicted molar refractivity (Wildman–Crippen MR) is 56.4 cm³/mol. The summed E-state index contributed by atoms with van der Waals surface area (Å²) in [5.41, 5.74) is 1.14. The zero-order valence-corrected chi connectivity index (χ0v) is 8.64. The van der Waals surface area contributed by atoms with Crippen LogP contribution in [0.4, 0.5) is 0 Å². The summed E-state index contributed by atoms with van der Waals surface area (Å²) >= 11 is 0. The number of hydrogen-bond acceptors (Lipinski definition) is 1. The molecule has 0 bridgehead atoms. The second-order valence-electron chi connectivity index (χ2n) is 3.55. The van der Waals surface area contributed by atoms with E-state index < -0.39 is 0 Å². The van der Waals surface area contributed by atoms with E-state index in [0.717, 1.165) is 5.57 Å². The molecule has 0 aliphatic heterocycles. The van der Waals surface area contributed by atoms with Crippen LogP contribution in [0.25, 0.3) is 0 Å². The lowest BCUT2D eigenvalue weighted by Gasteiger charge is -2.07. The van der Waals surface area contributed by atoms with Crippen molar-refractivity contribution in [2.45, 2.75) is 26.2 Å². The summed E-state index contributed by atoms with van der Waals surface area (Å²) in [5, 5.41) is 0. The average molecular weight is 167 g/mol. The van der Waals surface area contributed by atoms with Gasteiger partial charge in [-0.05, 0) is 46.8 Å². The number of nitrogens with zero attached hydrogens (tertiary/aromatic N) is 1. The van der Waals surface area contributed by atoms with Crippen molar-refractivity contribution >= 4 is 0 Å². The van der Waals surface area contributed by atoms with Gasteiger partial charge in [0.05, 0.1) is 0 Å². The Morgan fingerprint density at radius 2 is 2.00 bits per heavy atom. The van der Waals surface area contributed by atoms with Gasteiger partial charge >= 0.3 is 0 Å². The first-order valence-corrected chi connectivity index (χ1v) is 4.59. The summed E-state index contributed by atoms with van der Waals surface area (Å²) in [7, 11) is 4.23. The minimum absolute atomic E-state index is 1.14. The highest BCUT2D eigenvalue weighted by Gasteiger charge is 1.88. The maximum atomic E-state index is 3.81. The van der Waals surface area contributed by atoms with Gasteiger partial charge in [-0.2, -0.15) is 0 Å². The molecule has 0 saturated carbocycles. The third-order valence-electron chi connectivity index (χ3n) is 1.63. The van der Waals surface area contributed by atoms with Crippen molar-refractivity contribution in [2.75, 3.05) is 20.6 Å². The minimum atomic E-state index is 1.14. The molecule has 0 aliphatic rings. The third kappa shape index (κ3) is 9.44. The summed E-state index contributed by atoms with van der Waals surface area (Å²) in [6, 6.07) is 0. The number of rotatable bonds is 6. The van der Waals surface area contributed by atoms with Gasteiger partial charge in [-0.1, -0.05) is 24.3 Å². The van der Waals surface area contributed by atoms with E-state index >= 15 is 0 Å². The van der Waals surface area contributed by atoms with Gasteiger partial charge in [0.2, 0.25) is 0 Å². The van der Waals surface area contributed by atoms with Crippen LogP contribution in [0.5, 0.6) is 0 Å². The lowest BCUT2D eigenvalue weighted by atomic mass is 10.2. The standard InChI is InChI=1S/C11H21N/c1-11(2)9-7-5-6-8-10-12(3)4/h7,9H,1,5-6,8,10H2,2-4H3/b9-7-. The molecular weight excluding hydrogens is 146 g/mol. The van der Waals surface area contributed by atoms with E-state index in [9.17, 15) is 0 Å². The Balaban J connectivity index is 3.16. The molecule has 0 amide bonds. The van der Waals surface area contributed by atoms with Crippen LogP contribution in [0, 0.1) is 0 Å². The van der Waals surface area contributed by atoms with E-state index in [1.165, 1.54) is 25.8 Å². The zero-order chi connectivity index (χ0) is 9.40. The van der Waals surface area contributed by atoms with Gasteiger partial charge < -0.3 is 4.90 Å². The van der Waals surface area contributed by atoms with Crippen LogP contribution in [-0.4, -0.2) is 25.5 Å². The van der Waals surface area contributed by atoms with Crippen molar-refractivity contribution < 1.29 is 0 Å². The number of hydrogen-bond donors (Lipinski definition) is 0. The summed E-state index contributed by atoms with van der Waals surface area (Å²) in [4.78, 5) is 2.22. The monoisotopic (exact) mass is 167 g/mol. The quantitative estimate of drug-likeness (QED) is 0.434. The Labute approximate surface area is 76.8 Å². The van der Waals surface area contributed by atoms with Crippen LogP contribution in [0.2, 0.25) is 0 Å². The van der Waals surface area contributed by atoms with E-state index in [4.69, 9.17) is 0 Å². The second-order valence-corrected chi connectivity index (χ2v) is 3.55. The largest absolute Gasteiger partial charge is 0.309 e. The van der Waals surface area contributed by atoms with Crippen molar-refractivity contribution in [3.05, 3.63) is 24.3 Å². The summed E-state index contributed by atoms with van der Waals surface area (Å²) in [6.45, 7) is 7.03. The molecule has 0 atom stereocenters. The first-order valence-electron chi connectivity index (χ1n) is 4.59. The smallest absolute Gasteiger partial charge is 0.00247 e. The van der Waals surface area contributed by atoms with Crippen molar-refractivity contribution in [2.24, 2.45) is 0 Å². The molecule has 0 saturated heterocycles. The molecule has 1 nitrogen and oxygen atoms in total. The summed E-state index contributed by atoms with van der Waals surface area (Å²) < 4.78 is 0. The second kappa shape index (κ2) is 7.11. The van der Waals surface area contributed by atoms with Gasteiger partial charge in [-0.3, -0.25) is 0 Å². The van der Waals surface area contributed by atoms with Crippen LogP contribution < -0.4 is 0 Å². The normalized spacial score (nSPS) is 11.3. The van der Waals surface area contributed by atoms with Crippen molar-refractivity contribution in [3.63, 3.8) is 0 Å². The molecule has 0 aromatic rings. The number of unbranched alkanes of at least 4 members (excludes halogenated alkanes) is 2. The molecular formula is C11H21N. The molecule has 0 spiro atoms. The van der Waals surface area contributed by atoms with Crippen LogP contribution in [0.3, 0.4) is 0 Å². The van der Waals surface area contributed by atoms with E-state index in [-0.39, 0.29) is 0 Å². The molecule has 1 heteroatoms. The molecule has 0 aromatic heterocycles. The lowest BCUT2D eigenvalue weighted by Crippen LogP contribution is -2.12. The minimum Gasteiger partial charge on any atom is -0.309 e. The molecule has 0 aromatic carbocycles. The molecule has 0 heterocycles. The van der Waals surface area contributed by atoms with Gasteiger partial charge in [0.15, 0.2) is 0 Å². The average Bonchev–Trinajstić information content (AvgIpc) is 1.95. The predicted octanol–water partition coefficient (Wildman–Crippen LogP) is 2.85. The molecule has 70 valence electrons. The molecule has 0 N–H and O–H groups in total. The van der Waals surface area contributed by atoms with E-state index in [1.54, 1.807) is 0 Å². The molecule has 0 radical (unpaired) electrons. The highest BCUT2D eigenvalue weighted by molar-refractivity contribution is 5.10. The molecule has 0 aliphatic carbocycles. The zero-order valence-electron chi connectivity index (χ0n) is 8.64. The Bertz CT molecular complexity index is 145. The fraction of sp³-hybridized carbons (Fsp3) is 0.636. The first kappa shape index (κ1) is 11.4. The fourth-order valence-corrected chi connectivity index (χ4v) is 0.975. The highest BCUT2D eigenvalue weighted by atomic mass is 15.0. The van der Waals surface area contributed by atoms with Crippen LogP contribution in [0.1, 0.15) is 26.2 Å². The summed E-state index contributed by atoms with van der Waals surface area (Å²) in [6.07, 6.45) is 8.05. The van der Waals surface area contributed by atoms with Gasteiger partial charge in [0.1, 0.15) is 0 Å². The topological polar surface area (TPSA) is 3.24 Å². The molecule has 0 unspecified atom stereocenters. The van der Waals surface area contributed by atoms with Crippen molar-refractivity contribution in [3.8, 4) is 0 Å². The first-order chi connectivity index (χ1) is 5.63. The Morgan fingerprint density at radius 1 is 1.33 bits per heavy atom. The lowest BCUT2D eigenvalue weighted by molar-refractivity contribution is 0.395. The highest BCUT2D eigenvalue weighted by Crippen LogP contribution is 1.99. The fourth-order valence-electron chi connectivity index (χ4n) is 0.975. The van der Waals surface area contributed by atoms with Crippen molar-refractivity contribution in [1.29, 1.82) is 0 Å². The van der Waals surface area contributed by atoms with Gasteiger partial charge in [0.25, 0.3) is 0 Å². The van der Waals surface area contributed by atoms with E-state index in [0.29, 0.717) is 0 Å². The summed E-state index contributed by atoms with van der Waals surface area (Å²) in [5.74, 6) is 0. The number of allylic oxidation sites excluding steroid dienone is 3. The van der Waals surface area contributed by atoms with Crippen molar-refractivity contribution in [1.82, 2.24) is 4.90 Å². The maximum absolute atomic E-state index is 3.81. The van der Waals surface area contributed by atoms with Crippen LogP contribution in [0.15, 0.2) is 24.3 Å². The molecule has 0 rings (SSSR count). The SMILES string of the molecule is C=C(C)/C=C\CCCCN(C)C. The van der Waals surface area contributed by atoms with Gasteiger partial charge in [-0.15, -0.1) is 0 Å². The van der Waals surface area contributed by atoms with E-state index in [2.05, 4.69) is 37.7 Å². The Kier molecular flexibility index (Phi) is 6.78. The van der Waals surface area contributed by atoms with Crippen LogP contribution >= 0.6 is 0 Å². The third-order valence-corrected chi connectivity index (χ3v) is 1.63. The van der Waals surface area contributed by atoms with E-state index in [1.807, 2.05) is 6.92 Å². The van der Waals surface area contributed by atoms with Gasteiger partial charge in [-0.25, -0.2) is 0 Å². The Hall–Kier alpha value is -0.560. The Morgan fingerprint density at radius 3 is 2.50 bits per heavy atom. The van der Waals surface area contributed by atoms with Crippen LogP contribution in [-0.2, 0) is 0 Å². The maximum Gasteiger partial charge on any atom is -0.00247 e. The van der Waals surface area contributed by atoms with Gasteiger partial charge in [0, 0.05) is 0 Å². The molecule has 12 heavy (non-hydrogen) atoms. The molecule has 0 fully saturated rings.